The van der Waals surface area contributed by atoms with Crippen molar-refractivity contribution in [3.63, 3.8) is 0 Å². The molecule has 1 aromatic heterocycles. The van der Waals surface area contributed by atoms with Crippen LogP contribution in [0.1, 0.15) is 52.7 Å². The minimum atomic E-state index is -0.833. The second kappa shape index (κ2) is 8.24. The van der Waals surface area contributed by atoms with E-state index in [-0.39, 0.29) is 12.0 Å². The maximum atomic E-state index is 13.1. The predicted molar refractivity (Wildman–Crippen MR) is 86.4 cm³/mol. The molecule has 2 atom stereocenters. The average Bonchev–Trinajstić information content (AvgIpc) is 2.97. The Morgan fingerprint density at radius 3 is 2.65 bits per heavy atom. The summed E-state index contributed by atoms with van der Waals surface area (Å²) in [6.07, 6.45) is 1.98. The van der Waals surface area contributed by atoms with Crippen molar-refractivity contribution < 1.29 is 19.0 Å². The summed E-state index contributed by atoms with van der Waals surface area (Å²) < 4.78 is 18.5. The van der Waals surface area contributed by atoms with Gasteiger partial charge in [-0.2, -0.15) is 0 Å². The topological polar surface area (TPSA) is 62.7 Å². The van der Waals surface area contributed by atoms with E-state index in [9.17, 15) is 14.3 Å². The van der Waals surface area contributed by atoms with Gasteiger partial charge in [-0.05, 0) is 33.3 Å². The zero-order valence-electron chi connectivity index (χ0n) is 14.5. The average molecular weight is 326 g/mol. The Hall–Kier alpha value is -1.69. The number of amides is 1. The van der Waals surface area contributed by atoms with Crippen molar-refractivity contribution >= 4 is 6.09 Å². The number of nitrogens with zero attached hydrogens (tertiary/aromatic N) is 2. The Morgan fingerprint density at radius 1 is 1.43 bits per heavy atom. The molecule has 23 heavy (non-hydrogen) atoms. The summed E-state index contributed by atoms with van der Waals surface area (Å²) in [6, 6.07) is 1.27. The molecular weight excluding hydrogens is 299 g/mol. The molecule has 6 heteroatoms. The quantitative estimate of drug-likeness (QED) is 0.903. The fourth-order valence-corrected chi connectivity index (χ4v) is 2.40. The number of hydrogen-bond donors (Lipinski definition) is 1. The van der Waals surface area contributed by atoms with E-state index in [1.54, 1.807) is 4.90 Å². The second-order valence-corrected chi connectivity index (χ2v) is 6.36. The fraction of sp³-hybridized carbons (Fsp3) is 0.647. The lowest BCUT2D eigenvalue weighted by Gasteiger charge is -2.25. The number of hydrogen-bond acceptors (Lipinski definition) is 4. The molecule has 1 aromatic rings. The molecule has 2 rings (SSSR count). The van der Waals surface area contributed by atoms with Gasteiger partial charge in [0, 0.05) is 30.8 Å². The lowest BCUT2D eigenvalue weighted by atomic mass is 9.96. The molecule has 0 bridgehead atoms. The number of aliphatic hydroxyl groups is 1. The standard InChI is InChI=1S/C15H21FN2O3.C2H6/c1-15(2,3)21-14(20)18-5-4-10(9-18)13(19)11-6-12(16)8-17-7-11;1-2/h6-8,10,13,19H,4-5,9H2,1-3H3;1-2H3/t10-,13?;/m0./s1. The molecular formula is C17H27FN2O3. The van der Waals surface area contributed by atoms with Crippen LogP contribution in [-0.2, 0) is 4.74 Å². The maximum Gasteiger partial charge on any atom is 0.410 e. The van der Waals surface area contributed by atoms with Gasteiger partial charge in [0.2, 0.25) is 0 Å². The lowest BCUT2D eigenvalue weighted by Crippen LogP contribution is -2.35. The Bertz CT molecular complexity index is 517. The van der Waals surface area contributed by atoms with Gasteiger partial charge in [0.05, 0.1) is 12.3 Å². The largest absolute Gasteiger partial charge is 0.444 e. The Morgan fingerprint density at radius 2 is 2.09 bits per heavy atom. The third-order valence-electron chi connectivity index (χ3n) is 3.39. The normalized spacial score (nSPS) is 18.9. The van der Waals surface area contributed by atoms with Crippen LogP contribution in [0, 0.1) is 11.7 Å². The van der Waals surface area contributed by atoms with E-state index in [0.29, 0.717) is 25.1 Å². The van der Waals surface area contributed by atoms with Gasteiger partial charge in [-0.3, -0.25) is 4.98 Å². The molecule has 0 spiro atoms. The van der Waals surface area contributed by atoms with Crippen LogP contribution < -0.4 is 0 Å². The minimum Gasteiger partial charge on any atom is -0.444 e. The SMILES string of the molecule is CC.CC(C)(C)OC(=O)N1CC[C@H](C(O)c2cncc(F)c2)C1. The third kappa shape index (κ3) is 5.78. The number of carbonyl (C=O) groups excluding carboxylic acids is 1. The van der Waals surface area contributed by atoms with E-state index < -0.39 is 17.5 Å². The van der Waals surface area contributed by atoms with Gasteiger partial charge in [0.1, 0.15) is 11.4 Å². The summed E-state index contributed by atoms with van der Waals surface area (Å²) >= 11 is 0. The number of pyridine rings is 1. The van der Waals surface area contributed by atoms with Crippen LogP contribution >= 0.6 is 0 Å². The first-order chi connectivity index (χ1) is 10.8. The number of carbonyl (C=O) groups is 1. The Kier molecular flexibility index (Phi) is 6.94. The minimum absolute atomic E-state index is 0.138. The molecule has 1 N–H and O–H groups in total. The van der Waals surface area contributed by atoms with Crippen LogP contribution in [0.4, 0.5) is 9.18 Å². The Labute approximate surface area is 137 Å². The first-order valence-electron chi connectivity index (χ1n) is 8.03. The number of likely N-dealkylation sites (tertiary alicyclic amines) is 1. The molecule has 1 amide bonds. The molecule has 1 unspecified atom stereocenters. The summed E-state index contributed by atoms with van der Waals surface area (Å²) in [5.74, 6) is -0.616. The molecule has 1 aliphatic rings. The van der Waals surface area contributed by atoms with E-state index in [2.05, 4.69) is 4.98 Å². The summed E-state index contributed by atoms with van der Waals surface area (Å²) in [5.41, 5.74) is -0.105. The number of rotatable bonds is 2. The van der Waals surface area contributed by atoms with Crippen molar-refractivity contribution in [3.05, 3.63) is 29.8 Å². The monoisotopic (exact) mass is 326 g/mol. The van der Waals surface area contributed by atoms with Gasteiger partial charge < -0.3 is 14.7 Å². The highest BCUT2D eigenvalue weighted by molar-refractivity contribution is 5.68. The van der Waals surface area contributed by atoms with Gasteiger partial charge in [-0.1, -0.05) is 13.8 Å². The number of aliphatic hydroxyl groups excluding tert-OH is 1. The van der Waals surface area contributed by atoms with Crippen molar-refractivity contribution in [3.8, 4) is 0 Å². The molecule has 1 aliphatic heterocycles. The summed E-state index contributed by atoms with van der Waals surface area (Å²) in [6.45, 7) is 10.4. The van der Waals surface area contributed by atoms with Crippen molar-refractivity contribution in [2.24, 2.45) is 5.92 Å². The summed E-state index contributed by atoms with van der Waals surface area (Å²) in [5, 5.41) is 10.3. The lowest BCUT2D eigenvalue weighted by molar-refractivity contribution is 0.0268. The van der Waals surface area contributed by atoms with Crippen LogP contribution in [0.2, 0.25) is 0 Å². The van der Waals surface area contributed by atoms with Crippen LogP contribution in [-0.4, -0.2) is 39.8 Å². The highest BCUT2D eigenvalue weighted by Gasteiger charge is 2.34. The Balaban J connectivity index is 0.00000127. The van der Waals surface area contributed by atoms with Gasteiger partial charge >= 0.3 is 6.09 Å². The molecule has 0 aromatic carbocycles. The predicted octanol–water partition coefficient (Wildman–Crippen LogP) is 3.54. The van der Waals surface area contributed by atoms with E-state index in [1.165, 1.54) is 12.3 Å². The molecule has 1 saturated heterocycles. The van der Waals surface area contributed by atoms with Gasteiger partial charge in [-0.25, -0.2) is 9.18 Å². The molecule has 0 aliphatic carbocycles. The first kappa shape index (κ1) is 19.4. The number of ether oxygens (including phenoxy) is 1. The van der Waals surface area contributed by atoms with Crippen molar-refractivity contribution in [2.45, 2.75) is 52.7 Å². The van der Waals surface area contributed by atoms with Crippen molar-refractivity contribution in [2.75, 3.05) is 13.1 Å². The number of halogens is 1. The fourth-order valence-electron chi connectivity index (χ4n) is 2.40. The highest BCUT2D eigenvalue weighted by atomic mass is 19.1. The van der Waals surface area contributed by atoms with Gasteiger partial charge in [0.15, 0.2) is 0 Å². The molecule has 130 valence electrons. The zero-order chi connectivity index (χ0) is 17.6. The second-order valence-electron chi connectivity index (χ2n) is 6.36. The van der Waals surface area contributed by atoms with Crippen LogP contribution in [0.25, 0.3) is 0 Å². The van der Waals surface area contributed by atoms with Gasteiger partial charge in [0.25, 0.3) is 0 Å². The van der Waals surface area contributed by atoms with Gasteiger partial charge in [-0.15, -0.1) is 0 Å². The first-order valence-corrected chi connectivity index (χ1v) is 8.03. The van der Waals surface area contributed by atoms with E-state index >= 15 is 0 Å². The molecule has 1 fully saturated rings. The molecule has 2 heterocycles. The van der Waals surface area contributed by atoms with Crippen LogP contribution in [0.5, 0.6) is 0 Å². The van der Waals surface area contributed by atoms with Crippen LogP contribution in [0.3, 0.4) is 0 Å². The molecule has 0 saturated carbocycles. The van der Waals surface area contributed by atoms with E-state index in [4.69, 9.17) is 4.74 Å². The summed E-state index contributed by atoms with van der Waals surface area (Å²) in [7, 11) is 0. The van der Waals surface area contributed by atoms with E-state index in [1.807, 2.05) is 34.6 Å². The zero-order valence-corrected chi connectivity index (χ0v) is 14.5. The number of aromatic nitrogens is 1. The van der Waals surface area contributed by atoms with E-state index in [0.717, 1.165) is 6.20 Å². The smallest absolute Gasteiger partial charge is 0.410 e. The molecule has 5 nitrogen and oxygen atoms in total. The highest BCUT2D eigenvalue weighted by Crippen LogP contribution is 2.30. The summed E-state index contributed by atoms with van der Waals surface area (Å²) in [4.78, 5) is 17.3. The maximum absolute atomic E-state index is 13.1. The van der Waals surface area contributed by atoms with Crippen LogP contribution in [0.15, 0.2) is 18.5 Å². The third-order valence-corrected chi connectivity index (χ3v) is 3.39. The molecule has 0 radical (unpaired) electrons. The van der Waals surface area contributed by atoms with Crippen molar-refractivity contribution in [1.82, 2.24) is 9.88 Å². The van der Waals surface area contributed by atoms with Crippen molar-refractivity contribution in [1.29, 1.82) is 0 Å².